The van der Waals surface area contributed by atoms with Gasteiger partial charge in [0.15, 0.2) is 11.5 Å². The van der Waals surface area contributed by atoms with Crippen molar-refractivity contribution in [3.63, 3.8) is 0 Å². The standard InChI is InChI=1S/C22H21ClN2O4S/c1-14-2-4-17(5-3-14)29-12-21-25-16(13-30-21)10-20(26)24-11-15-8-18(23)22-19(9-15)27-6-7-28-22/h2-5,8-9,13H,6-7,10-12H2,1H3,(H,24,26). The lowest BCUT2D eigenvalue weighted by molar-refractivity contribution is -0.120. The Kier molecular flexibility index (Phi) is 6.40. The summed E-state index contributed by atoms with van der Waals surface area (Å²) < 4.78 is 16.8. The fraction of sp³-hybridized carbons (Fsp3) is 0.273. The monoisotopic (exact) mass is 444 g/mol. The first-order valence-corrected chi connectivity index (χ1v) is 10.8. The first-order chi connectivity index (χ1) is 14.6. The molecule has 156 valence electrons. The number of halogens is 1. The molecule has 8 heteroatoms. The first kappa shape index (κ1) is 20.5. The van der Waals surface area contributed by atoms with Gasteiger partial charge in [-0.25, -0.2) is 4.98 Å². The predicted molar refractivity (Wildman–Crippen MR) is 116 cm³/mol. The lowest BCUT2D eigenvalue weighted by Gasteiger charge is -2.20. The Morgan fingerprint density at radius 3 is 2.87 bits per heavy atom. The van der Waals surface area contributed by atoms with E-state index >= 15 is 0 Å². The minimum Gasteiger partial charge on any atom is -0.486 e. The van der Waals surface area contributed by atoms with Crippen molar-refractivity contribution in [2.24, 2.45) is 0 Å². The van der Waals surface area contributed by atoms with Crippen molar-refractivity contribution in [2.45, 2.75) is 26.5 Å². The quantitative estimate of drug-likeness (QED) is 0.588. The molecule has 0 bridgehead atoms. The molecule has 1 aliphatic rings. The summed E-state index contributed by atoms with van der Waals surface area (Å²) in [5.41, 5.74) is 2.76. The van der Waals surface area contributed by atoms with Crippen LogP contribution in [0.5, 0.6) is 17.2 Å². The molecule has 0 saturated carbocycles. The van der Waals surface area contributed by atoms with Crippen molar-refractivity contribution in [1.29, 1.82) is 0 Å². The zero-order valence-corrected chi connectivity index (χ0v) is 18.0. The number of carbonyl (C=O) groups is 1. The third-order valence-electron chi connectivity index (χ3n) is 4.47. The second-order valence-corrected chi connectivity index (χ2v) is 8.24. The number of hydrogen-bond donors (Lipinski definition) is 1. The minimum absolute atomic E-state index is 0.114. The summed E-state index contributed by atoms with van der Waals surface area (Å²) in [4.78, 5) is 16.8. The Labute approximate surface area is 183 Å². The normalized spacial score (nSPS) is 12.5. The van der Waals surface area contributed by atoms with Crippen LogP contribution in [-0.2, 0) is 24.4 Å². The number of fused-ring (bicyclic) bond motifs is 1. The van der Waals surface area contributed by atoms with Gasteiger partial charge in [-0.3, -0.25) is 4.79 Å². The van der Waals surface area contributed by atoms with Gasteiger partial charge in [0.05, 0.1) is 17.1 Å². The zero-order valence-electron chi connectivity index (χ0n) is 16.4. The van der Waals surface area contributed by atoms with Gasteiger partial charge in [-0.1, -0.05) is 29.3 Å². The van der Waals surface area contributed by atoms with E-state index in [1.165, 1.54) is 16.9 Å². The van der Waals surface area contributed by atoms with E-state index in [0.717, 1.165) is 22.0 Å². The zero-order chi connectivity index (χ0) is 20.9. The summed E-state index contributed by atoms with van der Waals surface area (Å²) in [5, 5.41) is 6.09. The van der Waals surface area contributed by atoms with E-state index in [9.17, 15) is 4.79 Å². The smallest absolute Gasteiger partial charge is 0.226 e. The van der Waals surface area contributed by atoms with Crippen LogP contribution in [-0.4, -0.2) is 24.1 Å². The molecule has 1 aliphatic heterocycles. The highest BCUT2D eigenvalue weighted by molar-refractivity contribution is 7.09. The van der Waals surface area contributed by atoms with Crippen molar-refractivity contribution in [3.05, 3.63) is 68.6 Å². The minimum atomic E-state index is -0.114. The van der Waals surface area contributed by atoms with E-state index in [1.54, 1.807) is 6.07 Å². The SMILES string of the molecule is Cc1ccc(OCc2nc(CC(=O)NCc3cc(Cl)c4c(c3)OCCO4)cs2)cc1. The summed E-state index contributed by atoms with van der Waals surface area (Å²) >= 11 is 7.72. The van der Waals surface area contributed by atoms with Gasteiger partial charge in [-0.2, -0.15) is 0 Å². The van der Waals surface area contributed by atoms with Gasteiger partial charge in [-0.15, -0.1) is 11.3 Å². The Bertz CT molecular complexity index is 1040. The van der Waals surface area contributed by atoms with Crippen molar-refractivity contribution < 1.29 is 19.0 Å². The predicted octanol–water partition coefficient (Wildman–Crippen LogP) is 4.31. The molecule has 0 spiro atoms. The van der Waals surface area contributed by atoms with E-state index in [1.807, 2.05) is 42.6 Å². The number of thiazole rings is 1. The van der Waals surface area contributed by atoms with Gasteiger partial charge < -0.3 is 19.5 Å². The number of nitrogens with one attached hydrogen (secondary N) is 1. The van der Waals surface area contributed by atoms with Crippen LogP contribution in [0.2, 0.25) is 5.02 Å². The highest BCUT2D eigenvalue weighted by Crippen LogP contribution is 2.38. The first-order valence-electron chi connectivity index (χ1n) is 9.54. The Balaban J connectivity index is 1.27. The van der Waals surface area contributed by atoms with Gasteiger partial charge in [0, 0.05) is 11.9 Å². The molecular formula is C22H21ClN2O4S. The number of nitrogens with zero attached hydrogens (tertiary/aromatic N) is 1. The van der Waals surface area contributed by atoms with Crippen LogP contribution in [0.4, 0.5) is 0 Å². The Morgan fingerprint density at radius 2 is 2.03 bits per heavy atom. The maximum absolute atomic E-state index is 12.3. The average Bonchev–Trinajstić information content (AvgIpc) is 3.19. The van der Waals surface area contributed by atoms with E-state index in [-0.39, 0.29) is 12.3 Å². The van der Waals surface area contributed by atoms with Crippen LogP contribution in [0.1, 0.15) is 21.8 Å². The Hall–Kier alpha value is -2.77. The number of aryl methyl sites for hydroxylation is 1. The summed E-state index contributed by atoms with van der Waals surface area (Å²) in [6.07, 6.45) is 0.208. The molecule has 0 unspecified atom stereocenters. The second-order valence-electron chi connectivity index (χ2n) is 6.89. The fourth-order valence-electron chi connectivity index (χ4n) is 2.97. The highest BCUT2D eigenvalue weighted by Gasteiger charge is 2.17. The van der Waals surface area contributed by atoms with Crippen LogP contribution >= 0.6 is 22.9 Å². The second kappa shape index (κ2) is 9.36. The fourth-order valence-corrected chi connectivity index (χ4v) is 3.96. The largest absolute Gasteiger partial charge is 0.486 e. The van der Waals surface area contributed by atoms with E-state index in [0.29, 0.717) is 42.9 Å². The topological polar surface area (TPSA) is 69.7 Å². The van der Waals surface area contributed by atoms with Crippen LogP contribution in [0.15, 0.2) is 41.8 Å². The number of amides is 1. The van der Waals surface area contributed by atoms with Crippen LogP contribution in [0, 0.1) is 6.92 Å². The molecule has 0 saturated heterocycles. The summed E-state index contributed by atoms with van der Waals surface area (Å²) in [7, 11) is 0. The molecular weight excluding hydrogens is 424 g/mol. The molecule has 6 nitrogen and oxygen atoms in total. The molecule has 2 aromatic carbocycles. The number of hydrogen-bond acceptors (Lipinski definition) is 6. The number of aromatic nitrogens is 1. The van der Waals surface area contributed by atoms with Gasteiger partial charge in [0.25, 0.3) is 0 Å². The highest BCUT2D eigenvalue weighted by atomic mass is 35.5. The number of benzene rings is 2. The van der Waals surface area contributed by atoms with Gasteiger partial charge in [0.2, 0.25) is 5.91 Å². The number of rotatable bonds is 7. The van der Waals surface area contributed by atoms with Crippen LogP contribution in [0.25, 0.3) is 0 Å². The van der Waals surface area contributed by atoms with E-state index in [4.69, 9.17) is 25.8 Å². The van der Waals surface area contributed by atoms with Gasteiger partial charge in [0.1, 0.15) is 30.6 Å². The average molecular weight is 445 g/mol. The van der Waals surface area contributed by atoms with E-state index in [2.05, 4.69) is 10.3 Å². The lowest BCUT2D eigenvalue weighted by atomic mass is 10.2. The summed E-state index contributed by atoms with van der Waals surface area (Å²) in [5.74, 6) is 1.85. The molecule has 1 amide bonds. The van der Waals surface area contributed by atoms with Crippen LogP contribution < -0.4 is 19.5 Å². The van der Waals surface area contributed by atoms with Crippen molar-refractivity contribution >= 4 is 28.8 Å². The molecule has 2 heterocycles. The third-order valence-corrected chi connectivity index (χ3v) is 5.62. The van der Waals surface area contributed by atoms with Gasteiger partial charge in [-0.05, 0) is 36.8 Å². The molecule has 1 aromatic heterocycles. The van der Waals surface area contributed by atoms with Crippen molar-refractivity contribution in [2.75, 3.05) is 13.2 Å². The molecule has 0 aliphatic carbocycles. The van der Waals surface area contributed by atoms with Gasteiger partial charge >= 0.3 is 0 Å². The molecule has 4 rings (SSSR count). The Morgan fingerprint density at radius 1 is 1.23 bits per heavy atom. The van der Waals surface area contributed by atoms with Crippen molar-refractivity contribution in [1.82, 2.24) is 10.3 Å². The molecule has 0 fully saturated rings. The maximum Gasteiger partial charge on any atom is 0.226 e. The summed E-state index contributed by atoms with van der Waals surface area (Å²) in [6, 6.07) is 11.5. The molecule has 1 N–H and O–H groups in total. The maximum atomic E-state index is 12.3. The van der Waals surface area contributed by atoms with E-state index < -0.39 is 0 Å². The van der Waals surface area contributed by atoms with Crippen molar-refractivity contribution in [3.8, 4) is 17.2 Å². The lowest BCUT2D eigenvalue weighted by Crippen LogP contribution is -2.25. The molecule has 0 atom stereocenters. The molecule has 3 aromatic rings. The van der Waals surface area contributed by atoms with Crippen LogP contribution in [0.3, 0.4) is 0 Å². The summed E-state index contributed by atoms with van der Waals surface area (Å²) in [6.45, 7) is 3.73. The third kappa shape index (κ3) is 5.23. The molecule has 30 heavy (non-hydrogen) atoms. The molecule has 0 radical (unpaired) electrons. The number of ether oxygens (including phenoxy) is 3. The number of carbonyl (C=O) groups excluding carboxylic acids is 1.